The maximum absolute atomic E-state index is 4.50. The van der Waals surface area contributed by atoms with E-state index in [-0.39, 0.29) is 0 Å². The molecule has 0 aromatic heterocycles. The lowest BCUT2D eigenvalue weighted by atomic mass is 9.64. The van der Waals surface area contributed by atoms with Crippen molar-refractivity contribution >= 4 is 0 Å². The second kappa shape index (κ2) is 26.9. The number of rotatable bonds is 13. The molecule has 0 aromatic carbocycles. The van der Waals surface area contributed by atoms with Crippen LogP contribution in [-0.4, -0.2) is 7.05 Å². The first-order valence-corrected chi connectivity index (χ1v) is 21.6. The van der Waals surface area contributed by atoms with Gasteiger partial charge in [-0.3, -0.25) is 0 Å². The van der Waals surface area contributed by atoms with Gasteiger partial charge in [0.25, 0.3) is 0 Å². The minimum atomic E-state index is 0.938. The Labute approximate surface area is 287 Å². The van der Waals surface area contributed by atoms with Crippen LogP contribution in [0.25, 0.3) is 0 Å². The van der Waals surface area contributed by atoms with Crippen molar-refractivity contribution in [3.05, 3.63) is 0 Å². The predicted octanol–water partition coefficient (Wildman–Crippen LogP) is 14.7. The Morgan fingerprint density at radius 1 is 0.556 bits per heavy atom. The van der Waals surface area contributed by atoms with Gasteiger partial charge in [0.05, 0.1) is 0 Å². The molecule has 4 saturated carbocycles. The molecule has 0 aliphatic heterocycles. The van der Waals surface area contributed by atoms with Crippen LogP contribution in [0.5, 0.6) is 0 Å². The molecule has 6 unspecified atom stereocenters. The number of hydrogen-bond acceptors (Lipinski definition) is 1. The summed E-state index contributed by atoms with van der Waals surface area (Å²) in [6.45, 7) is 18.7. The van der Waals surface area contributed by atoms with Crippen molar-refractivity contribution in [1.82, 2.24) is 0 Å². The van der Waals surface area contributed by atoms with Gasteiger partial charge in [-0.05, 0) is 111 Å². The maximum atomic E-state index is 4.50. The van der Waals surface area contributed by atoms with E-state index in [2.05, 4.69) is 47.3 Å². The Morgan fingerprint density at radius 2 is 1.07 bits per heavy atom. The fraction of sp³-hybridized carbons (Fsp3) is 1.00. The van der Waals surface area contributed by atoms with E-state index in [1.54, 1.807) is 64.2 Å². The van der Waals surface area contributed by atoms with E-state index in [1.165, 1.54) is 103 Å². The van der Waals surface area contributed by atoms with E-state index in [1.807, 2.05) is 13.8 Å². The monoisotopic (exact) mass is 632 g/mol. The number of hydrogen-bond donors (Lipinski definition) is 1. The van der Waals surface area contributed by atoms with Crippen molar-refractivity contribution < 1.29 is 0 Å². The van der Waals surface area contributed by atoms with Crippen LogP contribution in [0.15, 0.2) is 0 Å². The van der Waals surface area contributed by atoms with Gasteiger partial charge in [0, 0.05) is 0 Å². The molecule has 4 aliphatic carbocycles. The summed E-state index contributed by atoms with van der Waals surface area (Å²) in [6, 6.07) is 0. The van der Waals surface area contributed by atoms with Crippen LogP contribution in [0.4, 0.5) is 0 Å². The summed E-state index contributed by atoms with van der Waals surface area (Å²) in [4.78, 5) is 0. The quantitative estimate of drug-likeness (QED) is 0.215. The molecule has 2 N–H and O–H groups in total. The van der Waals surface area contributed by atoms with Gasteiger partial charge in [0.2, 0.25) is 0 Å². The molecule has 4 fully saturated rings. The van der Waals surface area contributed by atoms with Gasteiger partial charge in [-0.1, -0.05) is 171 Å². The van der Waals surface area contributed by atoms with Crippen LogP contribution in [0.2, 0.25) is 0 Å². The molecule has 0 radical (unpaired) electrons. The van der Waals surface area contributed by atoms with Crippen LogP contribution in [0, 0.1) is 59.2 Å². The van der Waals surface area contributed by atoms with Gasteiger partial charge in [-0.2, -0.15) is 0 Å². The van der Waals surface area contributed by atoms with Crippen LogP contribution in [-0.2, 0) is 0 Å². The lowest BCUT2D eigenvalue weighted by Crippen LogP contribution is -2.31. The molecule has 1 heteroatoms. The minimum Gasteiger partial charge on any atom is -0.333 e. The average molecular weight is 632 g/mol. The first-order chi connectivity index (χ1) is 22.0. The second-order valence-electron chi connectivity index (χ2n) is 16.3. The zero-order valence-corrected chi connectivity index (χ0v) is 33.0. The van der Waals surface area contributed by atoms with Crippen LogP contribution in [0.3, 0.4) is 0 Å². The molecule has 0 heterocycles. The zero-order chi connectivity index (χ0) is 33.5. The fourth-order valence-corrected chi connectivity index (χ4v) is 10.9. The van der Waals surface area contributed by atoms with E-state index in [9.17, 15) is 0 Å². The summed E-state index contributed by atoms with van der Waals surface area (Å²) >= 11 is 0. The zero-order valence-electron chi connectivity index (χ0n) is 33.0. The van der Waals surface area contributed by atoms with Crippen molar-refractivity contribution in [3.8, 4) is 0 Å². The number of nitrogens with two attached hydrogens (primary N) is 1. The summed E-state index contributed by atoms with van der Waals surface area (Å²) in [5.74, 6) is 10.5. The third-order valence-corrected chi connectivity index (χ3v) is 13.6. The van der Waals surface area contributed by atoms with Gasteiger partial charge in [0.15, 0.2) is 0 Å². The summed E-state index contributed by atoms with van der Waals surface area (Å²) < 4.78 is 0. The molecule has 1 nitrogen and oxygen atoms in total. The summed E-state index contributed by atoms with van der Waals surface area (Å²) in [5, 5.41) is 0. The lowest BCUT2D eigenvalue weighted by Gasteiger charge is -2.41. The molecule has 6 atom stereocenters. The Bertz CT molecular complexity index is 625. The maximum Gasteiger partial charge on any atom is -0.0195 e. The smallest absolute Gasteiger partial charge is 0.0195 e. The SMILES string of the molecule is CC.CC1CCCCC2CCCCC12.CCCC(C)CC(CC)CCC(C1CCCCC1)C1CCC(C(CC)CC)CC1.CN. The Kier molecular flexibility index (Phi) is 25.7. The van der Waals surface area contributed by atoms with Crippen molar-refractivity contribution in [2.24, 2.45) is 64.9 Å². The third kappa shape index (κ3) is 15.8. The first kappa shape index (κ1) is 43.0. The minimum absolute atomic E-state index is 0.938. The van der Waals surface area contributed by atoms with Crippen LogP contribution in [0.1, 0.15) is 216 Å². The molecule has 4 rings (SSSR count). The predicted molar refractivity (Wildman–Crippen MR) is 206 cm³/mol. The molecule has 0 amide bonds. The highest BCUT2D eigenvalue weighted by Crippen LogP contribution is 2.46. The van der Waals surface area contributed by atoms with Gasteiger partial charge in [-0.25, -0.2) is 0 Å². The molecular weight excluding hydrogens is 542 g/mol. The Morgan fingerprint density at radius 3 is 1.62 bits per heavy atom. The van der Waals surface area contributed by atoms with Crippen molar-refractivity contribution in [2.75, 3.05) is 7.05 Å². The molecule has 270 valence electrons. The highest BCUT2D eigenvalue weighted by Gasteiger charge is 2.35. The van der Waals surface area contributed by atoms with Crippen molar-refractivity contribution in [1.29, 1.82) is 0 Å². The fourth-order valence-electron chi connectivity index (χ4n) is 10.9. The molecule has 0 spiro atoms. The first-order valence-electron chi connectivity index (χ1n) is 21.6. The molecule has 4 aliphatic rings. The average Bonchev–Trinajstić information content (AvgIpc) is 3.29. The van der Waals surface area contributed by atoms with Crippen LogP contribution >= 0.6 is 0 Å². The largest absolute Gasteiger partial charge is 0.333 e. The van der Waals surface area contributed by atoms with Gasteiger partial charge in [0.1, 0.15) is 0 Å². The highest BCUT2D eigenvalue weighted by molar-refractivity contribution is 4.86. The van der Waals surface area contributed by atoms with Crippen LogP contribution < -0.4 is 5.73 Å². The topological polar surface area (TPSA) is 26.0 Å². The molecule has 0 saturated heterocycles. The van der Waals surface area contributed by atoms with E-state index in [4.69, 9.17) is 0 Å². The number of fused-ring (bicyclic) bond motifs is 1. The normalized spacial score (nSPS) is 29.3. The summed E-state index contributed by atoms with van der Waals surface area (Å²) in [5.41, 5.74) is 4.50. The van der Waals surface area contributed by atoms with Gasteiger partial charge in [-0.15, -0.1) is 0 Å². The summed E-state index contributed by atoms with van der Waals surface area (Å²) in [6.07, 6.45) is 37.7. The summed E-state index contributed by atoms with van der Waals surface area (Å²) in [7, 11) is 1.50. The Hall–Kier alpha value is -0.0400. The molecule has 0 bridgehead atoms. The van der Waals surface area contributed by atoms with Crippen molar-refractivity contribution in [2.45, 2.75) is 216 Å². The van der Waals surface area contributed by atoms with Gasteiger partial charge >= 0.3 is 0 Å². The van der Waals surface area contributed by atoms with E-state index >= 15 is 0 Å². The standard InChI is InChI=1S/C29H56.C12H22.C2H6.CH5N/c1-6-13-23(5)22-24(7-2)16-21-29(27-14-11-10-12-15-27)28-19-17-26(18-20-28)25(8-3)9-4;1-10-6-2-3-7-11-8-4-5-9-12(10)11;2*1-2/h23-29H,6-22H2,1-5H3;10-12H,2-9H2,1H3;1-2H3;2H2,1H3. The van der Waals surface area contributed by atoms with Crippen molar-refractivity contribution in [3.63, 3.8) is 0 Å². The molecule has 0 aromatic rings. The van der Waals surface area contributed by atoms with Gasteiger partial charge < -0.3 is 5.73 Å². The third-order valence-electron chi connectivity index (χ3n) is 13.6. The highest BCUT2D eigenvalue weighted by atomic mass is 14.4. The molecule has 45 heavy (non-hydrogen) atoms. The van der Waals surface area contributed by atoms with E-state index in [0.29, 0.717) is 0 Å². The second-order valence-corrected chi connectivity index (χ2v) is 16.3. The molecular formula is C44H89N. The van der Waals surface area contributed by atoms with E-state index < -0.39 is 0 Å². The Balaban J connectivity index is 0.000000521. The van der Waals surface area contributed by atoms with E-state index in [0.717, 1.165) is 59.2 Å². The lowest BCUT2D eigenvalue weighted by molar-refractivity contribution is 0.0944.